The van der Waals surface area contributed by atoms with Crippen LogP contribution in [0.1, 0.15) is 30.9 Å². The summed E-state index contributed by atoms with van der Waals surface area (Å²) in [5, 5.41) is 18.9. The molecule has 12 heteroatoms. The van der Waals surface area contributed by atoms with Crippen molar-refractivity contribution in [1.82, 2.24) is 30.3 Å². The van der Waals surface area contributed by atoms with Crippen LogP contribution in [0.3, 0.4) is 0 Å². The summed E-state index contributed by atoms with van der Waals surface area (Å²) in [6.45, 7) is 3.01. The van der Waals surface area contributed by atoms with Crippen molar-refractivity contribution in [2.75, 3.05) is 20.2 Å². The number of rotatable bonds is 11. The number of fused-ring (bicyclic) bond motifs is 1. The molecule has 3 aromatic heterocycles. The van der Waals surface area contributed by atoms with Crippen molar-refractivity contribution < 1.29 is 19.0 Å². The second-order valence-corrected chi connectivity index (χ2v) is 10.7. The standard InChI is InChI=1S/C30H32ClFN6O4/c1-17(39)12-33-13-19-14-35-26-10-18(8-9-38(26)30(19)41)21-4-3-5-22(28(21)31)25-11-24(32)23(29(37-25)42-2)16-34-15-20-6-7-27(40)36-20/h3-5,8-11,14,17,20,33-34,39H,6-7,12-13,15-16H2,1-2H3,(H,36,40)/t17-,20-/m0/s1. The third-order valence-electron chi connectivity index (χ3n) is 7.12. The predicted molar refractivity (Wildman–Crippen MR) is 158 cm³/mol. The Morgan fingerprint density at radius 1 is 1.21 bits per heavy atom. The molecule has 1 fully saturated rings. The van der Waals surface area contributed by atoms with Crippen molar-refractivity contribution in [1.29, 1.82) is 0 Å². The predicted octanol–water partition coefficient (Wildman–Crippen LogP) is 3.06. The number of hydrogen-bond donors (Lipinski definition) is 4. The number of hydrogen-bond acceptors (Lipinski definition) is 8. The maximum Gasteiger partial charge on any atom is 0.262 e. The highest BCUT2D eigenvalue weighted by atomic mass is 35.5. The van der Waals surface area contributed by atoms with Gasteiger partial charge in [-0.3, -0.25) is 14.0 Å². The van der Waals surface area contributed by atoms with Crippen LogP contribution in [0.5, 0.6) is 5.88 Å². The van der Waals surface area contributed by atoms with Crippen LogP contribution in [0.4, 0.5) is 4.39 Å². The number of aromatic nitrogens is 3. The zero-order valence-electron chi connectivity index (χ0n) is 23.3. The smallest absolute Gasteiger partial charge is 0.262 e. The molecular formula is C30H32ClFN6O4. The number of aliphatic hydroxyl groups is 1. The Bertz CT molecular complexity index is 1680. The molecule has 10 nitrogen and oxygen atoms in total. The summed E-state index contributed by atoms with van der Waals surface area (Å²) >= 11 is 6.86. The van der Waals surface area contributed by atoms with Crippen LogP contribution in [0, 0.1) is 5.82 Å². The average Bonchev–Trinajstić information content (AvgIpc) is 3.39. The van der Waals surface area contributed by atoms with Gasteiger partial charge in [0.15, 0.2) is 0 Å². The van der Waals surface area contributed by atoms with Gasteiger partial charge in [-0.25, -0.2) is 14.4 Å². The van der Waals surface area contributed by atoms with Gasteiger partial charge in [-0.2, -0.15) is 0 Å². The summed E-state index contributed by atoms with van der Waals surface area (Å²) in [5.41, 5.74) is 3.21. The third-order valence-corrected chi connectivity index (χ3v) is 7.53. The minimum atomic E-state index is -0.523. The number of pyridine rings is 2. The number of carbonyl (C=O) groups excluding carboxylic acids is 1. The molecule has 0 aliphatic carbocycles. The zero-order valence-corrected chi connectivity index (χ0v) is 24.0. The van der Waals surface area contributed by atoms with Crippen LogP contribution in [0.2, 0.25) is 5.02 Å². The molecule has 220 valence electrons. The second-order valence-electron chi connectivity index (χ2n) is 10.3. The van der Waals surface area contributed by atoms with Gasteiger partial charge < -0.3 is 25.8 Å². The fraction of sp³-hybridized carbons (Fsp3) is 0.333. The first kappa shape index (κ1) is 29.6. The highest BCUT2D eigenvalue weighted by Crippen LogP contribution is 2.37. The maximum absolute atomic E-state index is 15.3. The number of carbonyl (C=O) groups is 1. The van der Waals surface area contributed by atoms with Crippen molar-refractivity contribution in [3.63, 3.8) is 0 Å². The van der Waals surface area contributed by atoms with E-state index in [4.69, 9.17) is 16.3 Å². The first-order valence-corrected chi connectivity index (χ1v) is 14.0. The number of amides is 1. The van der Waals surface area contributed by atoms with Crippen LogP contribution in [-0.2, 0) is 17.9 Å². The summed E-state index contributed by atoms with van der Waals surface area (Å²) in [7, 11) is 1.43. The molecule has 4 heterocycles. The molecule has 5 rings (SSSR count). The lowest BCUT2D eigenvalue weighted by Gasteiger charge is -2.15. The molecule has 42 heavy (non-hydrogen) atoms. The third kappa shape index (κ3) is 6.44. The lowest BCUT2D eigenvalue weighted by Crippen LogP contribution is -2.35. The average molecular weight is 595 g/mol. The van der Waals surface area contributed by atoms with Gasteiger partial charge in [0.25, 0.3) is 5.56 Å². The van der Waals surface area contributed by atoms with Gasteiger partial charge in [0.2, 0.25) is 11.8 Å². The van der Waals surface area contributed by atoms with Crippen LogP contribution < -0.4 is 26.2 Å². The number of nitrogens with one attached hydrogen (secondary N) is 3. The quantitative estimate of drug-likeness (QED) is 0.208. The molecule has 0 radical (unpaired) electrons. The summed E-state index contributed by atoms with van der Waals surface area (Å²) in [4.78, 5) is 33.4. The van der Waals surface area contributed by atoms with Gasteiger partial charge >= 0.3 is 0 Å². The van der Waals surface area contributed by atoms with E-state index < -0.39 is 11.9 Å². The lowest BCUT2D eigenvalue weighted by molar-refractivity contribution is -0.119. The van der Waals surface area contributed by atoms with E-state index in [1.54, 1.807) is 37.4 Å². The Hall–Kier alpha value is -3.90. The van der Waals surface area contributed by atoms with Gasteiger partial charge in [0.05, 0.1) is 29.5 Å². The number of aliphatic hydroxyl groups excluding tert-OH is 1. The Kier molecular flexibility index (Phi) is 9.12. The van der Waals surface area contributed by atoms with Crippen LogP contribution >= 0.6 is 11.6 Å². The Labute approximate surface area is 246 Å². The minimum Gasteiger partial charge on any atom is -0.481 e. The first-order chi connectivity index (χ1) is 20.2. The van der Waals surface area contributed by atoms with Crippen molar-refractivity contribution in [3.8, 4) is 28.3 Å². The van der Waals surface area contributed by atoms with E-state index in [1.807, 2.05) is 6.07 Å². The lowest BCUT2D eigenvalue weighted by atomic mass is 10.0. The number of ether oxygens (including phenoxy) is 1. The van der Waals surface area contributed by atoms with E-state index in [2.05, 4.69) is 25.9 Å². The largest absolute Gasteiger partial charge is 0.481 e. The van der Waals surface area contributed by atoms with E-state index in [9.17, 15) is 14.7 Å². The topological polar surface area (TPSA) is 130 Å². The Balaban J connectivity index is 1.39. The molecule has 0 saturated carbocycles. The van der Waals surface area contributed by atoms with Gasteiger partial charge in [-0.05, 0) is 31.0 Å². The fourth-order valence-corrected chi connectivity index (χ4v) is 5.29. The highest BCUT2D eigenvalue weighted by Gasteiger charge is 2.22. The number of nitrogens with zero attached hydrogens (tertiary/aromatic N) is 3. The maximum atomic E-state index is 15.3. The van der Waals surface area contributed by atoms with Gasteiger partial charge in [-0.1, -0.05) is 29.8 Å². The zero-order chi connectivity index (χ0) is 29.8. The van der Waals surface area contributed by atoms with Crippen LogP contribution in [0.25, 0.3) is 28.0 Å². The molecule has 2 atom stereocenters. The molecule has 1 aliphatic rings. The van der Waals surface area contributed by atoms with Crippen molar-refractivity contribution in [2.45, 2.75) is 45.0 Å². The second kappa shape index (κ2) is 13.0. The van der Waals surface area contributed by atoms with Crippen molar-refractivity contribution >= 4 is 23.2 Å². The van der Waals surface area contributed by atoms with E-state index in [1.165, 1.54) is 23.8 Å². The van der Waals surface area contributed by atoms with Gasteiger partial charge in [-0.15, -0.1) is 0 Å². The minimum absolute atomic E-state index is 0.0177. The van der Waals surface area contributed by atoms with Gasteiger partial charge in [0, 0.05) is 73.8 Å². The first-order valence-electron chi connectivity index (χ1n) is 13.7. The van der Waals surface area contributed by atoms with Gasteiger partial charge in [0.1, 0.15) is 11.5 Å². The molecular weight excluding hydrogens is 563 g/mol. The van der Waals surface area contributed by atoms with E-state index in [-0.39, 0.29) is 42.0 Å². The molecule has 4 aromatic rings. The van der Waals surface area contributed by atoms with E-state index in [0.717, 1.165) is 12.0 Å². The molecule has 1 aromatic carbocycles. The fourth-order valence-electron chi connectivity index (χ4n) is 4.96. The summed E-state index contributed by atoms with van der Waals surface area (Å²) in [6.07, 6.45) is 3.88. The molecule has 1 aliphatic heterocycles. The molecule has 0 bridgehead atoms. The van der Waals surface area contributed by atoms with E-state index in [0.29, 0.717) is 52.6 Å². The molecule has 1 amide bonds. The SMILES string of the molecule is COc1nc(-c2cccc(-c3ccn4c(=O)c(CNC[C@H](C)O)cnc4c3)c2Cl)cc(F)c1CNC[C@@H]1CCC(=O)N1. The van der Waals surface area contributed by atoms with Crippen LogP contribution in [-0.4, -0.2) is 57.7 Å². The molecule has 4 N–H and O–H groups in total. The van der Waals surface area contributed by atoms with Crippen LogP contribution in [0.15, 0.2) is 53.6 Å². The molecule has 0 unspecified atom stereocenters. The van der Waals surface area contributed by atoms with Crippen molar-refractivity contribution in [2.24, 2.45) is 0 Å². The molecule has 0 spiro atoms. The summed E-state index contributed by atoms with van der Waals surface area (Å²) < 4.78 is 22.2. The van der Waals surface area contributed by atoms with Crippen molar-refractivity contribution in [3.05, 3.63) is 81.1 Å². The summed E-state index contributed by atoms with van der Waals surface area (Å²) in [6, 6.07) is 10.3. The Morgan fingerprint density at radius 3 is 2.76 bits per heavy atom. The Morgan fingerprint density at radius 2 is 2.02 bits per heavy atom. The molecule has 1 saturated heterocycles. The van der Waals surface area contributed by atoms with E-state index >= 15 is 4.39 Å². The number of halogens is 2. The normalized spacial score (nSPS) is 15.6. The highest BCUT2D eigenvalue weighted by molar-refractivity contribution is 6.36. The number of methoxy groups -OCH3 is 1. The monoisotopic (exact) mass is 594 g/mol. The summed E-state index contributed by atoms with van der Waals surface area (Å²) in [5.74, 6) is -0.326. The number of benzene rings is 1.